The summed E-state index contributed by atoms with van der Waals surface area (Å²) in [5, 5.41) is 0. The van der Waals surface area contributed by atoms with Gasteiger partial charge in [0.25, 0.3) is 0 Å². The highest BCUT2D eigenvalue weighted by molar-refractivity contribution is 7.71. The molecule has 0 aliphatic rings. The monoisotopic (exact) mass is 271 g/mol. The molecular formula is C14H13N3OS. The number of aromatic amines is 1. The van der Waals surface area contributed by atoms with E-state index in [-0.39, 0.29) is 0 Å². The lowest BCUT2D eigenvalue weighted by Crippen LogP contribution is -1.99. The lowest BCUT2D eigenvalue weighted by Gasteiger charge is -2.06. The molecular weight excluding hydrogens is 258 g/mol. The molecule has 1 N–H and O–H groups in total. The van der Waals surface area contributed by atoms with E-state index in [1.165, 1.54) is 5.56 Å². The average Bonchev–Trinajstić information content (AvgIpc) is 2.76. The molecule has 0 aliphatic heterocycles. The van der Waals surface area contributed by atoms with Crippen LogP contribution in [0.25, 0.3) is 11.0 Å². The zero-order valence-electron chi connectivity index (χ0n) is 10.5. The number of hydrogen-bond donors (Lipinski definition) is 1. The van der Waals surface area contributed by atoms with Gasteiger partial charge >= 0.3 is 0 Å². The van der Waals surface area contributed by atoms with Crippen LogP contribution in [-0.4, -0.2) is 21.6 Å². The third-order valence-electron chi connectivity index (χ3n) is 3.08. The fraction of sp³-hybridized carbons (Fsp3) is 0.143. The molecule has 0 radical (unpaired) electrons. The van der Waals surface area contributed by atoms with Crippen molar-refractivity contribution >= 4 is 23.3 Å². The van der Waals surface area contributed by atoms with Gasteiger partial charge < -0.3 is 14.3 Å². The summed E-state index contributed by atoms with van der Waals surface area (Å²) in [7, 11) is 1.66. The maximum atomic E-state index is 5.36. The number of nitrogens with one attached hydrogen (secondary N) is 1. The molecule has 0 spiro atoms. The minimum absolute atomic E-state index is 0.707. The van der Waals surface area contributed by atoms with Crippen LogP contribution in [0, 0.1) is 4.77 Å². The highest BCUT2D eigenvalue weighted by Crippen LogP contribution is 2.16. The number of methoxy groups -OCH3 is 1. The molecule has 2 aromatic heterocycles. The van der Waals surface area contributed by atoms with Gasteiger partial charge in [-0.2, -0.15) is 0 Å². The van der Waals surface area contributed by atoms with Gasteiger partial charge in [-0.05, 0) is 36.0 Å². The van der Waals surface area contributed by atoms with Gasteiger partial charge in [-0.3, -0.25) is 4.98 Å². The first-order valence-electron chi connectivity index (χ1n) is 5.93. The molecule has 0 unspecified atom stereocenters. The minimum atomic E-state index is 0.707. The maximum Gasteiger partial charge on any atom is 0.178 e. The Kier molecular flexibility index (Phi) is 3.05. The zero-order chi connectivity index (χ0) is 13.2. The number of ether oxygens (including phenoxy) is 1. The van der Waals surface area contributed by atoms with Crippen LogP contribution >= 0.6 is 12.2 Å². The van der Waals surface area contributed by atoms with E-state index in [0.29, 0.717) is 4.77 Å². The Labute approximate surface area is 115 Å². The molecule has 3 aromatic rings. The molecule has 3 rings (SSSR count). The van der Waals surface area contributed by atoms with Crippen molar-refractivity contribution < 1.29 is 4.74 Å². The van der Waals surface area contributed by atoms with E-state index >= 15 is 0 Å². The topological polar surface area (TPSA) is 42.8 Å². The van der Waals surface area contributed by atoms with E-state index in [1.54, 1.807) is 19.5 Å². The largest absolute Gasteiger partial charge is 0.497 e. The Bertz CT molecular complexity index is 758. The number of H-pyrrole nitrogens is 1. The molecule has 0 fully saturated rings. The third kappa shape index (κ3) is 2.24. The second-order valence-electron chi connectivity index (χ2n) is 4.26. The Morgan fingerprint density at radius 1 is 1.26 bits per heavy atom. The summed E-state index contributed by atoms with van der Waals surface area (Å²) in [6, 6.07) is 9.96. The van der Waals surface area contributed by atoms with Crippen LogP contribution in [0.1, 0.15) is 5.56 Å². The second-order valence-corrected chi connectivity index (χ2v) is 4.64. The number of benzene rings is 1. The summed E-state index contributed by atoms with van der Waals surface area (Å²) >= 11 is 5.36. The summed E-state index contributed by atoms with van der Waals surface area (Å²) in [4.78, 5) is 7.25. The van der Waals surface area contributed by atoms with Crippen molar-refractivity contribution in [1.82, 2.24) is 14.5 Å². The van der Waals surface area contributed by atoms with Gasteiger partial charge in [0.15, 0.2) is 4.77 Å². The van der Waals surface area contributed by atoms with E-state index in [0.717, 1.165) is 23.3 Å². The van der Waals surface area contributed by atoms with Crippen molar-refractivity contribution in [2.24, 2.45) is 0 Å². The van der Waals surface area contributed by atoms with Gasteiger partial charge in [0.05, 0.1) is 30.9 Å². The Morgan fingerprint density at radius 2 is 2.05 bits per heavy atom. The molecule has 0 aliphatic carbocycles. The summed E-state index contributed by atoms with van der Waals surface area (Å²) in [5.74, 6) is 0.857. The quantitative estimate of drug-likeness (QED) is 0.744. The van der Waals surface area contributed by atoms with Crippen LogP contribution in [0.4, 0.5) is 0 Å². The van der Waals surface area contributed by atoms with E-state index in [9.17, 15) is 0 Å². The molecule has 0 amide bonds. The van der Waals surface area contributed by atoms with Crippen LogP contribution in [0.2, 0.25) is 0 Å². The number of nitrogens with zero attached hydrogens (tertiary/aromatic N) is 2. The number of pyridine rings is 1. The van der Waals surface area contributed by atoms with E-state index in [1.807, 2.05) is 30.3 Å². The van der Waals surface area contributed by atoms with Crippen molar-refractivity contribution in [2.75, 3.05) is 7.11 Å². The van der Waals surface area contributed by atoms with E-state index < -0.39 is 0 Å². The van der Waals surface area contributed by atoms with Crippen molar-refractivity contribution in [3.05, 3.63) is 53.1 Å². The fourth-order valence-electron chi connectivity index (χ4n) is 2.08. The predicted molar refractivity (Wildman–Crippen MR) is 77.0 cm³/mol. The summed E-state index contributed by atoms with van der Waals surface area (Å²) in [5.41, 5.74) is 3.20. The molecule has 0 bridgehead atoms. The Morgan fingerprint density at radius 3 is 2.79 bits per heavy atom. The molecule has 1 aromatic carbocycles. The Balaban J connectivity index is 2.00. The summed E-state index contributed by atoms with van der Waals surface area (Å²) < 4.78 is 7.93. The normalized spacial score (nSPS) is 10.8. The number of aromatic nitrogens is 3. The first kappa shape index (κ1) is 11.9. The number of hydrogen-bond acceptors (Lipinski definition) is 3. The van der Waals surface area contributed by atoms with Gasteiger partial charge in [-0.25, -0.2) is 0 Å². The SMILES string of the molecule is COc1ccc(Cn2c(=S)[nH]c3cnccc32)cc1. The molecule has 5 heteroatoms. The van der Waals surface area contributed by atoms with Gasteiger partial charge in [0, 0.05) is 6.20 Å². The van der Waals surface area contributed by atoms with Crippen molar-refractivity contribution in [3.63, 3.8) is 0 Å². The van der Waals surface area contributed by atoms with Crippen LogP contribution in [0.15, 0.2) is 42.7 Å². The molecule has 2 heterocycles. The Hall–Kier alpha value is -2.14. The summed E-state index contributed by atoms with van der Waals surface area (Å²) in [6.07, 6.45) is 3.56. The van der Waals surface area contributed by atoms with Gasteiger partial charge in [0.2, 0.25) is 0 Å². The molecule has 96 valence electrons. The lowest BCUT2D eigenvalue weighted by atomic mass is 10.2. The van der Waals surface area contributed by atoms with Crippen LogP contribution in [-0.2, 0) is 6.54 Å². The van der Waals surface area contributed by atoms with Gasteiger partial charge in [0.1, 0.15) is 5.75 Å². The van der Waals surface area contributed by atoms with Gasteiger partial charge in [-0.15, -0.1) is 0 Å². The predicted octanol–water partition coefficient (Wildman–Crippen LogP) is 3.15. The van der Waals surface area contributed by atoms with Crippen molar-refractivity contribution in [2.45, 2.75) is 6.54 Å². The van der Waals surface area contributed by atoms with E-state index in [4.69, 9.17) is 17.0 Å². The number of fused-ring (bicyclic) bond motifs is 1. The number of imidazole rings is 1. The fourth-order valence-corrected chi connectivity index (χ4v) is 2.35. The van der Waals surface area contributed by atoms with Crippen molar-refractivity contribution in [3.8, 4) is 5.75 Å². The second kappa shape index (κ2) is 4.85. The zero-order valence-corrected chi connectivity index (χ0v) is 11.3. The van der Waals surface area contributed by atoms with Crippen LogP contribution < -0.4 is 4.74 Å². The molecule has 4 nitrogen and oxygen atoms in total. The highest BCUT2D eigenvalue weighted by atomic mass is 32.1. The van der Waals surface area contributed by atoms with Crippen molar-refractivity contribution in [1.29, 1.82) is 0 Å². The maximum absolute atomic E-state index is 5.36. The summed E-state index contributed by atoms with van der Waals surface area (Å²) in [6.45, 7) is 0.729. The van der Waals surface area contributed by atoms with Gasteiger partial charge in [-0.1, -0.05) is 12.1 Å². The van der Waals surface area contributed by atoms with Crippen LogP contribution in [0.5, 0.6) is 5.75 Å². The first-order chi connectivity index (χ1) is 9.28. The molecule has 0 saturated carbocycles. The van der Waals surface area contributed by atoms with E-state index in [2.05, 4.69) is 14.5 Å². The lowest BCUT2D eigenvalue weighted by molar-refractivity contribution is 0.414. The third-order valence-corrected chi connectivity index (χ3v) is 3.40. The standard InChI is InChI=1S/C14H13N3OS/c1-18-11-4-2-10(3-5-11)9-17-13-6-7-15-8-12(13)16-14(17)19/h2-8H,9H2,1H3,(H,16,19). The number of rotatable bonds is 3. The molecule has 19 heavy (non-hydrogen) atoms. The highest BCUT2D eigenvalue weighted by Gasteiger charge is 2.04. The smallest absolute Gasteiger partial charge is 0.178 e. The minimum Gasteiger partial charge on any atom is -0.497 e. The molecule has 0 atom stereocenters. The first-order valence-corrected chi connectivity index (χ1v) is 6.34. The van der Waals surface area contributed by atoms with Crippen LogP contribution in [0.3, 0.4) is 0 Å². The average molecular weight is 271 g/mol. The molecule has 0 saturated heterocycles.